The van der Waals surface area contributed by atoms with Crippen molar-refractivity contribution >= 4 is 11.6 Å². The molecule has 0 aromatic heterocycles. The lowest BCUT2D eigenvalue weighted by molar-refractivity contribution is 0.174. The number of aryl methyl sites for hydroxylation is 1. The molecule has 4 heteroatoms. The van der Waals surface area contributed by atoms with E-state index in [4.69, 9.17) is 21.1 Å². The highest BCUT2D eigenvalue weighted by Gasteiger charge is 2.16. The number of hydrogen-bond acceptors (Lipinski definition) is 3. The van der Waals surface area contributed by atoms with Crippen LogP contribution in [0.25, 0.3) is 0 Å². The lowest BCUT2D eigenvalue weighted by Gasteiger charge is -2.10. The zero-order chi connectivity index (χ0) is 11.5. The van der Waals surface area contributed by atoms with Gasteiger partial charge in [0, 0.05) is 11.1 Å². The van der Waals surface area contributed by atoms with E-state index in [2.05, 4.69) is 19.0 Å². The second-order valence-corrected chi connectivity index (χ2v) is 4.61. The van der Waals surface area contributed by atoms with Crippen LogP contribution in [0.3, 0.4) is 0 Å². The predicted octanol–water partition coefficient (Wildman–Crippen LogP) is 2.56. The molecule has 0 N–H and O–H groups in total. The van der Waals surface area contributed by atoms with E-state index < -0.39 is 0 Å². The van der Waals surface area contributed by atoms with Gasteiger partial charge in [0.05, 0.1) is 0 Å². The topological polar surface area (TPSA) is 21.7 Å². The summed E-state index contributed by atoms with van der Waals surface area (Å²) in [6.07, 6.45) is 2.06. The Labute approximate surface area is 101 Å². The molecule has 2 rings (SSSR count). The van der Waals surface area contributed by atoms with Gasteiger partial charge in [-0.3, -0.25) is 0 Å². The number of rotatable bonds is 4. The number of nitrogens with zero attached hydrogens (tertiary/aromatic N) is 1. The molecule has 1 aliphatic heterocycles. The molecule has 0 atom stereocenters. The number of hydrogen-bond donors (Lipinski definition) is 0. The van der Waals surface area contributed by atoms with Crippen LogP contribution in [-0.4, -0.2) is 32.3 Å². The van der Waals surface area contributed by atoms with Gasteiger partial charge in [0.1, 0.15) is 0 Å². The summed E-state index contributed by atoms with van der Waals surface area (Å²) in [4.78, 5) is 2.17. The van der Waals surface area contributed by atoms with Gasteiger partial charge in [-0.1, -0.05) is 11.6 Å². The van der Waals surface area contributed by atoms with Gasteiger partial charge in [0.15, 0.2) is 11.5 Å². The summed E-state index contributed by atoms with van der Waals surface area (Å²) in [6.45, 7) is 1.36. The molecular formula is C12H16ClNO2. The molecule has 0 bridgehead atoms. The second kappa shape index (κ2) is 4.93. The molecule has 0 radical (unpaired) electrons. The van der Waals surface area contributed by atoms with Gasteiger partial charge in [0.2, 0.25) is 6.79 Å². The van der Waals surface area contributed by atoms with Gasteiger partial charge in [0.25, 0.3) is 0 Å². The minimum absolute atomic E-state index is 0.298. The summed E-state index contributed by atoms with van der Waals surface area (Å²) in [5.41, 5.74) is 1.13. The molecule has 0 unspecified atom stereocenters. The molecule has 0 amide bonds. The number of ether oxygens (including phenoxy) is 2. The fourth-order valence-corrected chi connectivity index (χ4v) is 1.98. The molecule has 0 fully saturated rings. The fraction of sp³-hybridized carbons (Fsp3) is 0.500. The van der Waals surface area contributed by atoms with Gasteiger partial charge in [-0.25, -0.2) is 0 Å². The van der Waals surface area contributed by atoms with Crippen molar-refractivity contribution in [3.63, 3.8) is 0 Å². The number of fused-ring (bicyclic) bond motifs is 1. The zero-order valence-corrected chi connectivity index (χ0v) is 10.4. The minimum Gasteiger partial charge on any atom is -0.454 e. The average molecular weight is 242 g/mol. The highest BCUT2D eigenvalue weighted by atomic mass is 35.5. The largest absolute Gasteiger partial charge is 0.454 e. The van der Waals surface area contributed by atoms with E-state index in [1.165, 1.54) is 0 Å². The van der Waals surface area contributed by atoms with Crippen molar-refractivity contribution in [3.8, 4) is 11.5 Å². The van der Waals surface area contributed by atoms with Gasteiger partial charge in [-0.05, 0) is 45.1 Å². The zero-order valence-electron chi connectivity index (χ0n) is 9.62. The molecule has 1 heterocycles. The summed E-state index contributed by atoms with van der Waals surface area (Å²) >= 11 is 6.17. The number of halogens is 1. The molecule has 0 saturated carbocycles. The van der Waals surface area contributed by atoms with Gasteiger partial charge >= 0.3 is 0 Å². The van der Waals surface area contributed by atoms with Crippen molar-refractivity contribution in [2.75, 3.05) is 27.4 Å². The summed E-state index contributed by atoms with van der Waals surface area (Å²) in [5, 5.41) is 0.767. The summed E-state index contributed by atoms with van der Waals surface area (Å²) in [6, 6.07) is 3.83. The van der Waals surface area contributed by atoms with Gasteiger partial charge in [-0.15, -0.1) is 0 Å². The Morgan fingerprint density at radius 2 is 1.94 bits per heavy atom. The van der Waals surface area contributed by atoms with Gasteiger partial charge in [-0.2, -0.15) is 0 Å². The van der Waals surface area contributed by atoms with E-state index in [9.17, 15) is 0 Å². The van der Waals surface area contributed by atoms with Crippen LogP contribution in [0.1, 0.15) is 12.0 Å². The van der Waals surface area contributed by atoms with Crippen molar-refractivity contribution in [3.05, 3.63) is 22.7 Å². The Morgan fingerprint density at radius 3 is 2.62 bits per heavy atom. The quantitative estimate of drug-likeness (QED) is 0.809. The maximum atomic E-state index is 6.17. The van der Waals surface area contributed by atoms with Crippen molar-refractivity contribution < 1.29 is 9.47 Å². The Kier molecular flexibility index (Phi) is 3.56. The Morgan fingerprint density at radius 1 is 1.25 bits per heavy atom. The average Bonchev–Trinajstić information content (AvgIpc) is 2.64. The third-order valence-electron chi connectivity index (χ3n) is 2.59. The van der Waals surface area contributed by atoms with E-state index in [0.29, 0.717) is 6.79 Å². The van der Waals surface area contributed by atoms with Crippen LogP contribution in [0.4, 0.5) is 0 Å². The molecule has 3 nitrogen and oxygen atoms in total. The van der Waals surface area contributed by atoms with Crippen molar-refractivity contribution in [2.24, 2.45) is 0 Å². The normalized spacial score (nSPS) is 13.5. The number of benzene rings is 1. The first-order chi connectivity index (χ1) is 7.66. The van der Waals surface area contributed by atoms with Crippen molar-refractivity contribution in [1.82, 2.24) is 4.90 Å². The highest BCUT2D eigenvalue weighted by molar-refractivity contribution is 6.31. The van der Waals surface area contributed by atoms with Crippen LogP contribution in [0.15, 0.2) is 12.1 Å². The van der Waals surface area contributed by atoms with Crippen LogP contribution in [0.5, 0.6) is 11.5 Å². The minimum atomic E-state index is 0.298. The van der Waals surface area contributed by atoms with E-state index in [-0.39, 0.29) is 0 Å². The van der Waals surface area contributed by atoms with Crippen LogP contribution in [-0.2, 0) is 6.42 Å². The molecule has 0 aliphatic carbocycles. The van der Waals surface area contributed by atoms with E-state index in [1.54, 1.807) is 0 Å². The maximum absolute atomic E-state index is 6.17. The first-order valence-electron chi connectivity index (χ1n) is 5.39. The van der Waals surface area contributed by atoms with Crippen LogP contribution >= 0.6 is 11.6 Å². The van der Waals surface area contributed by atoms with Crippen molar-refractivity contribution in [2.45, 2.75) is 12.8 Å². The monoisotopic (exact) mass is 241 g/mol. The lowest BCUT2D eigenvalue weighted by Crippen LogP contribution is -2.13. The van der Waals surface area contributed by atoms with E-state index in [1.807, 2.05) is 12.1 Å². The molecular weight excluding hydrogens is 226 g/mol. The fourth-order valence-electron chi connectivity index (χ4n) is 1.74. The first-order valence-corrected chi connectivity index (χ1v) is 5.77. The van der Waals surface area contributed by atoms with E-state index >= 15 is 0 Å². The van der Waals surface area contributed by atoms with Crippen molar-refractivity contribution in [1.29, 1.82) is 0 Å². The second-order valence-electron chi connectivity index (χ2n) is 4.20. The standard InChI is InChI=1S/C12H16ClNO2/c1-14(2)5-3-4-9-6-11-12(7-10(9)13)16-8-15-11/h6-7H,3-5,8H2,1-2H3. The summed E-state index contributed by atoms with van der Waals surface area (Å²) in [7, 11) is 4.14. The Hall–Kier alpha value is -0.930. The third kappa shape index (κ3) is 2.60. The smallest absolute Gasteiger partial charge is 0.231 e. The molecule has 0 spiro atoms. The molecule has 88 valence electrons. The maximum Gasteiger partial charge on any atom is 0.231 e. The summed E-state index contributed by atoms with van der Waals surface area (Å²) in [5.74, 6) is 1.56. The third-order valence-corrected chi connectivity index (χ3v) is 2.94. The van der Waals surface area contributed by atoms with E-state index in [0.717, 1.165) is 41.5 Å². The van der Waals surface area contributed by atoms with Crippen LogP contribution < -0.4 is 9.47 Å². The Balaban J connectivity index is 2.04. The SMILES string of the molecule is CN(C)CCCc1cc2c(cc1Cl)OCO2. The van der Waals surface area contributed by atoms with Crippen LogP contribution in [0, 0.1) is 0 Å². The summed E-state index contributed by atoms with van der Waals surface area (Å²) < 4.78 is 10.6. The molecule has 16 heavy (non-hydrogen) atoms. The highest BCUT2D eigenvalue weighted by Crippen LogP contribution is 2.37. The molecule has 1 aliphatic rings. The first kappa shape index (κ1) is 11.6. The lowest BCUT2D eigenvalue weighted by atomic mass is 10.1. The van der Waals surface area contributed by atoms with Gasteiger partial charge < -0.3 is 14.4 Å². The molecule has 1 aromatic carbocycles. The van der Waals surface area contributed by atoms with Crippen LogP contribution in [0.2, 0.25) is 5.02 Å². The predicted molar refractivity (Wildman–Crippen MR) is 64.5 cm³/mol. The molecule has 1 aromatic rings. The molecule has 0 saturated heterocycles. The Bertz CT molecular complexity index is 380.